The molecule has 0 aliphatic rings. The van der Waals surface area contributed by atoms with E-state index in [1.165, 1.54) is 0 Å². The van der Waals surface area contributed by atoms with E-state index in [4.69, 9.17) is 17.3 Å². The number of nitrogens with two attached hydrogens (primary N) is 1. The van der Waals surface area contributed by atoms with Crippen LogP contribution in [0.25, 0.3) is 0 Å². The molecule has 1 heterocycles. The first-order valence-corrected chi connectivity index (χ1v) is 7.19. The summed E-state index contributed by atoms with van der Waals surface area (Å²) in [5.74, 6) is 0.801. The van der Waals surface area contributed by atoms with Crippen molar-refractivity contribution in [1.82, 2.24) is 9.78 Å². The Morgan fingerprint density at radius 2 is 2.11 bits per heavy atom. The van der Waals surface area contributed by atoms with E-state index in [0.717, 1.165) is 39.3 Å². The number of aryl methyl sites for hydroxylation is 2. The summed E-state index contributed by atoms with van der Waals surface area (Å²) in [5, 5.41) is 6.22. The Kier molecular flexibility index (Phi) is 4.19. The van der Waals surface area contributed by atoms with E-state index in [1.54, 1.807) is 11.8 Å². The monoisotopic (exact) mass is 281 g/mol. The molecule has 2 rings (SSSR count). The zero-order valence-electron chi connectivity index (χ0n) is 10.5. The van der Waals surface area contributed by atoms with Gasteiger partial charge in [0.1, 0.15) is 5.03 Å². The third-order valence-corrected chi connectivity index (χ3v) is 4.28. The molecule has 0 fully saturated rings. The molecule has 2 N–H and O–H groups in total. The number of benzene rings is 1. The van der Waals surface area contributed by atoms with Crippen LogP contribution < -0.4 is 5.73 Å². The highest BCUT2D eigenvalue weighted by molar-refractivity contribution is 7.98. The number of nitrogen functional groups attached to an aromatic ring is 1. The predicted octanol–water partition coefficient (Wildman–Crippen LogP) is 3.74. The predicted molar refractivity (Wildman–Crippen MR) is 78.1 cm³/mol. The van der Waals surface area contributed by atoms with Crippen LogP contribution >= 0.6 is 23.4 Å². The SMILES string of the molecule is CCn1nc(C)c(N)c1SCc1ccccc1Cl. The van der Waals surface area contributed by atoms with Crippen LogP contribution in [0.15, 0.2) is 29.3 Å². The number of thioether (sulfide) groups is 1. The Balaban J connectivity index is 2.18. The summed E-state index contributed by atoms with van der Waals surface area (Å²) in [5.41, 5.74) is 8.82. The third kappa shape index (κ3) is 2.65. The highest BCUT2D eigenvalue weighted by Gasteiger charge is 2.12. The summed E-state index contributed by atoms with van der Waals surface area (Å²) in [4.78, 5) is 0. The smallest absolute Gasteiger partial charge is 0.118 e. The van der Waals surface area contributed by atoms with Crippen molar-refractivity contribution in [3.8, 4) is 0 Å². The second-order valence-electron chi connectivity index (χ2n) is 4.00. The molecule has 0 spiro atoms. The van der Waals surface area contributed by atoms with E-state index < -0.39 is 0 Å². The van der Waals surface area contributed by atoms with Crippen molar-refractivity contribution in [2.45, 2.75) is 31.2 Å². The van der Waals surface area contributed by atoms with E-state index in [2.05, 4.69) is 12.0 Å². The molecule has 1 aromatic carbocycles. The van der Waals surface area contributed by atoms with Gasteiger partial charge in [0.05, 0.1) is 11.4 Å². The Morgan fingerprint density at radius 1 is 1.39 bits per heavy atom. The van der Waals surface area contributed by atoms with Gasteiger partial charge in [0.2, 0.25) is 0 Å². The maximum Gasteiger partial charge on any atom is 0.118 e. The van der Waals surface area contributed by atoms with Gasteiger partial charge in [0, 0.05) is 17.3 Å². The molecule has 3 nitrogen and oxygen atoms in total. The van der Waals surface area contributed by atoms with Gasteiger partial charge in [-0.3, -0.25) is 4.68 Å². The summed E-state index contributed by atoms with van der Waals surface area (Å²) >= 11 is 7.82. The van der Waals surface area contributed by atoms with Crippen LogP contribution in [0.2, 0.25) is 5.02 Å². The first-order valence-electron chi connectivity index (χ1n) is 5.82. The summed E-state index contributed by atoms with van der Waals surface area (Å²) in [6.45, 7) is 4.81. The van der Waals surface area contributed by atoms with Gasteiger partial charge in [0.15, 0.2) is 0 Å². The van der Waals surface area contributed by atoms with Crippen molar-refractivity contribution in [3.63, 3.8) is 0 Å². The second kappa shape index (κ2) is 5.67. The van der Waals surface area contributed by atoms with Gasteiger partial charge in [0.25, 0.3) is 0 Å². The molecular weight excluding hydrogens is 266 g/mol. The second-order valence-corrected chi connectivity index (χ2v) is 5.37. The lowest BCUT2D eigenvalue weighted by molar-refractivity contribution is 0.602. The molecule has 0 amide bonds. The first kappa shape index (κ1) is 13.3. The van der Waals surface area contributed by atoms with Crippen molar-refractivity contribution in [2.24, 2.45) is 0 Å². The average molecular weight is 282 g/mol. The fraction of sp³-hybridized carbons (Fsp3) is 0.308. The van der Waals surface area contributed by atoms with Crippen molar-refractivity contribution in [1.29, 1.82) is 0 Å². The molecule has 0 bridgehead atoms. The maximum absolute atomic E-state index is 6.14. The van der Waals surface area contributed by atoms with Crippen LogP contribution in [0.1, 0.15) is 18.2 Å². The number of halogens is 1. The van der Waals surface area contributed by atoms with Gasteiger partial charge in [-0.2, -0.15) is 5.10 Å². The number of hydrogen-bond donors (Lipinski definition) is 1. The molecule has 0 atom stereocenters. The number of aromatic nitrogens is 2. The zero-order chi connectivity index (χ0) is 13.1. The van der Waals surface area contributed by atoms with E-state index in [-0.39, 0.29) is 0 Å². The Morgan fingerprint density at radius 3 is 2.78 bits per heavy atom. The Labute approximate surface area is 116 Å². The maximum atomic E-state index is 6.14. The quantitative estimate of drug-likeness (QED) is 0.868. The number of nitrogens with zero attached hydrogens (tertiary/aromatic N) is 2. The normalized spacial score (nSPS) is 10.8. The first-order chi connectivity index (χ1) is 8.63. The van der Waals surface area contributed by atoms with E-state index in [0.29, 0.717) is 0 Å². The van der Waals surface area contributed by atoms with Crippen LogP contribution in [0.5, 0.6) is 0 Å². The van der Waals surface area contributed by atoms with E-state index in [9.17, 15) is 0 Å². The average Bonchev–Trinajstić information content (AvgIpc) is 2.65. The summed E-state index contributed by atoms with van der Waals surface area (Å²) in [6.07, 6.45) is 0. The van der Waals surface area contributed by atoms with E-state index in [1.807, 2.05) is 35.9 Å². The molecule has 96 valence electrons. The molecule has 0 aliphatic heterocycles. The summed E-state index contributed by atoms with van der Waals surface area (Å²) < 4.78 is 1.94. The van der Waals surface area contributed by atoms with Crippen molar-refractivity contribution in [2.75, 3.05) is 5.73 Å². The van der Waals surface area contributed by atoms with Crippen molar-refractivity contribution >= 4 is 29.1 Å². The Hall–Kier alpha value is -1.13. The standard InChI is InChI=1S/C13H16ClN3S/c1-3-17-13(12(15)9(2)16-17)18-8-10-6-4-5-7-11(10)14/h4-7H,3,8,15H2,1-2H3. The fourth-order valence-corrected chi connectivity index (χ4v) is 3.15. The number of rotatable bonds is 4. The molecule has 0 radical (unpaired) electrons. The van der Waals surface area contributed by atoms with Gasteiger partial charge in [-0.25, -0.2) is 0 Å². The molecule has 18 heavy (non-hydrogen) atoms. The molecule has 5 heteroatoms. The van der Waals surface area contributed by atoms with Crippen LogP contribution in [-0.2, 0) is 12.3 Å². The minimum atomic E-state index is 0.772. The van der Waals surface area contributed by atoms with Gasteiger partial charge >= 0.3 is 0 Å². The van der Waals surface area contributed by atoms with Crippen molar-refractivity contribution in [3.05, 3.63) is 40.5 Å². The fourth-order valence-electron chi connectivity index (χ4n) is 1.70. The van der Waals surface area contributed by atoms with Crippen LogP contribution in [-0.4, -0.2) is 9.78 Å². The largest absolute Gasteiger partial charge is 0.395 e. The lowest BCUT2D eigenvalue weighted by Crippen LogP contribution is -1.99. The molecule has 1 aromatic heterocycles. The highest BCUT2D eigenvalue weighted by atomic mass is 35.5. The molecule has 0 unspecified atom stereocenters. The van der Waals surface area contributed by atoms with Crippen LogP contribution in [0.4, 0.5) is 5.69 Å². The Bertz CT molecular complexity index is 551. The minimum absolute atomic E-state index is 0.772. The van der Waals surface area contributed by atoms with Gasteiger partial charge < -0.3 is 5.73 Å². The van der Waals surface area contributed by atoms with E-state index >= 15 is 0 Å². The van der Waals surface area contributed by atoms with Gasteiger partial charge in [-0.1, -0.05) is 41.6 Å². The minimum Gasteiger partial charge on any atom is -0.395 e. The zero-order valence-corrected chi connectivity index (χ0v) is 12.1. The molecule has 0 saturated heterocycles. The molecular formula is C13H16ClN3S. The molecule has 2 aromatic rings. The lowest BCUT2D eigenvalue weighted by Gasteiger charge is -2.06. The van der Waals surface area contributed by atoms with Crippen LogP contribution in [0.3, 0.4) is 0 Å². The topological polar surface area (TPSA) is 43.8 Å². The molecule has 0 saturated carbocycles. The lowest BCUT2D eigenvalue weighted by atomic mass is 10.2. The van der Waals surface area contributed by atoms with Crippen molar-refractivity contribution < 1.29 is 0 Å². The summed E-state index contributed by atoms with van der Waals surface area (Å²) in [7, 11) is 0. The summed E-state index contributed by atoms with van der Waals surface area (Å²) in [6, 6.07) is 7.87. The highest BCUT2D eigenvalue weighted by Crippen LogP contribution is 2.32. The molecule has 0 aliphatic carbocycles. The van der Waals surface area contributed by atoms with Crippen LogP contribution in [0, 0.1) is 6.92 Å². The van der Waals surface area contributed by atoms with Gasteiger partial charge in [-0.05, 0) is 25.5 Å². The third-order valence-electron chi connectivity index (χ3n) is 2.75. The number of hydrogen-bond acceptors (Lipinski definition) is 3. The number of anilines is 1. The van der Waals surface area contributed by atoms with Gasteiger partial charge in [-0.15, -0.1) is 0 Å².